The van der Waals surface area contributed by atoms with E-state index in [2.05, 4.69) is 25.6 Å². The number of benzene rings is 4. The molecule has 0 spiro atoms. The lowest BCUT2D eigenvalue weighted by atomic mass is 9.55. The number of hydrogen-bond donors (Lipinski definition) is 2. The van der Waals surface area contributed by atoms with Crippen LogP contribution in [0.3, 0.4) is 0 Å². The van der Waals surface area contributed by atoms with Gasteiger partial charge in [-0.3, -0.25) is 9.59 Å². The molecular weight excluding hydrogens is 921 g/mol. The molecule has 0 saturated heterocycles. The number of oxime groups is 1. The van der Waals surface area contributed by atoms with Crippen LogP contribution in [-0.2, 0) is 27.5 Å². The first-order chi connectivity index (χ1) is 35.9. The van der Waals surface area contributed by atoms with Gasteiger partial charge in [-0.2, -0.15) is 0 Å². The number of amides is 1. The van der Waals surface area contributed by atoms with Gasteiger partial charge in [-0.25, -0.2) is 0 Å². The molecule has 6 unspecified atom stereocenters. The Bertz CT molecular complexity index is 2490. The van der Waals surface area contributed by atoms with Crippen LogP contribution in [0.15, 0.2) is 120 Å². The summed E-state index contributed by atoms with van der Waals surface area (Å²) in [5.41, 5.74) is 4.98. The Hall–Kier alpha value is -5.95. The van der Waals surface area contributed by atoms with E-state index in [0.717, 1.165) is 85.6 Å². The normalized spacial score (nSPS) is 21.9. The van der Waals surface area contributed by atoms with Crippen LogP contribution in [0.1, 0.15) is 149 Å². The van der Waals surface area contributed by atoms with Gasteiger partial charge >= 0.3 is 0 Å². The number of nitrogens with zero attached hydrogens (tertiary/aromatic N) is 2. The summed E-state index contributed by atoms with van der Waals surface area (Å²) in [6.07, 6.45) is 20.2. The number of aliphatic hydroxyl groups is 2. The minimum atomic E-state index is -1.44. The molecule has 1 amide bonds. The van der Waals surface area contributed by atoms with Gasteiger partial charge in [-0.05, 0) is 103 Å². The molecule has 1 fully saturated rings. The third-order valence-electron chi connectivity index (χ3n) is 15.1. The van der Waals surface area contributed by atoms with Gasteiger partial charge in [0.15, 0.2) is 11.5 Å². The van der Waals surface area contributed by atoms with Crippen molar-refractivity contribution in [2.45, 2.75) is 147 Å². The van der Waals surface area contributed by atoms with Gasteiger partial charge in [0.25, 0.3) is 0 Å². The van der Waals surface area contributed by atoms with Crippen LogP contribution in [0.4, 0.5) is 0 Å². The summed E-state index contributed by atoms with van der Waals surface area (Å²) in [5, 5.41) is 25.3. The summed E-state index contributed by atoms with van der Waals surface area (Å²) in [6.45, 7) is 7.32. The van der Waals surface area contributed by atoms with Gasteiger partial charge in [-0.15, -0.1) is 6.58 Å². The lowest BCUT2D eigenvalue weighted by Gasteiger charge is -2.60. The summed E-state index contributed by atoms with van der Waals surface area (Å²) >= 11 is 0. The molecule has 390 valence electrons. The number of unbranched alkanes of at least 4 members (excludes halogenated alkanes) is 10. The maximum Gasteiger partial charge on any atom is 0.239 e. The molecule has 0 aromatic heterocycles. The largest absolute Gasteiger partial charge is 0.459 e. The lowest BCUT2D eigenvalue weighted by Crippen LogP contribution is -2.70. The SMILES string of the molecule is C=CCOC12Oc3ccc(Oc4cccc(C=O)c4)cc3C3C(CCCCO)C(CCCCO)C=C(C(=NOCc4ccccc4)CC1N(Cc1ccc4c(c1)OCO4)C(=O)CCCCCCCCCCC)C32. The van der Waals surface area contributed by atoms with E-state index in [1.165, 1.54) is 32.1 Å². The molecule has 2 heterocycles. The minimum absolute atomic E-state index is 0.00592. The Kier molecular flexibility index (Phi) is 19.6. The topological polar surface area (TPSA) is 146 Å². The van der Waals surface area contributed by atoms with Crippen LogP contribution in [0.2, 0.25) is 0 Å². The standard InChI is InChI=1S/C61H76N2O10/c1-3-5-6-7-8-9-10-11-15-27-58(67)63(40-45-28-30-55-56(36-45)69-43-68-55)57-39-53(62-71-42-44-21-13-12-14-22-44)51-37-47(24-16-18-32-64)50(26-17-19-33-65)59-52-38-49(72-48-25-20-23-46(35-48)41-66)29-31-54(52)73-61(57,60(51)59)70-34-4-2/h4,12-14,20-23,25,28-31,35-38,41,47,50,57,59-60,64-65H,2-3,5-11,15-19,24,26-27,32-34,39-40,42-43H2,1H3. The third kappa shape index (κ3) is 13.2. The van der Waals surface area contributed by atoms with Gasteiger partial charge in [0.05, 0.1) is 18.2 Å². The summed E-state index contributed by atoms with van der Waals surface area (Å²) in [4.78, 5) is 35.6. The van der Waals surface area contributed by atoms with Crippen molar-refractivity contribution in [1.82, 2.24) is 4.90 Å². The van der Waals surface area contributed by atoms with Crippen LogP contribution < -0.4 is 18.9 Å². The highest BCUT2D eigenvalue weighted by Crippen LogP contribution is 2.62. The average molecular weight is 997 g/mol. The Morgan fingerprint density at radius 2 is 1.53 bits per heavy atom. The van der Waals surface area contributed by atoms with Gasteiger partial charge in [0.2, 0.25) is 18.5 Å². The highest BCUT2D eigenvalue weighted by molar-refractivity contribution is 6.03. The molecule has 73 heavy (non-hydrogen) atoms. The quantitative estimate of drug-likeness (QED) is 0.0224. The maximum atomic E-state index is 15.4. The number of carbonyl (C=O) groups excluding carboxylic acids is 2. The number of fused-ring (bicyclic) bond motifs is 3. The zero-order valence-corrected chi connectivity index (χ0v) is 42.8. The number of ether oxygens (including phenoxy) is 5. The summed E-state index contributed by atoms with van der Waals surface area (Å²) in [7, 11) is 0. The van der Waals surface area contributed by atoms with Crippen LogP contribution >= 0.6 is 0 Å². The fourth-order valence-electron chi connectivity index (χ4n) is 11.6. The van der Waals surface area contributed by atoms with Crippen LogP contribution in [-0.4, -0.2) is 71.5 Å². The van der Waals surface area contributed by atoms with E-state index in [-0.39, 0.29) is 69.8 Å². The highest BCUT2D eigenvalue weighted by Gasteiger charge is 2.65. The number of hydrogen-bond acceptors (Lipinski definition) is 11. The van der Waals surface area contributed by atoms with E-state index in [9.17, 15) is 15.0 Å². The van der Waals surface area contributed by atoms with Gasteiger partial charge in [0.1, 0.15) is 36.2 Å². The van der Waals surface area contributed by atoms with E-state index in [4.69, 9.17) is 33.7 Å². The van der Waals surface area contributed by atoms with Crippen molar-refractivity contribution in [2.24, 2.45) is 22.9 Å². The first kappa shape index (κ1) is 53.3. The van der Waals surface area contributed by atoms with Gasteiger partial charge in [-0.1, -0.05) is 137 Å². The van der Waals surface area contributed by atoms with Crippen molar-refractivity contribution in [3.05, 3.63) is 138 Å². The predicted octanol–water partition coefficient (Wildman–Crippen LogP) is 12.8. The molecule has 6 atom stereocenters. The first-order valence-electron chi connectivity index (χ1n) is 27.0. The second-order valence-corrected chi connectivity index (χ2v) is 20.1. The van der Waals surface area contributed by atoms with E-state index in [0.29, 0.717) is 53.6 Å². The molecule has 2 aliphatic carbocycles. The number of allylic oxidation sites excluding steroid dienone is 1. The van der Waals surface area contributed by atoms with E-state index < -0.39 is 17.7 Å². The Labute approximate surface area is 432 Å². The zero-order chi connectivity index (χ0) is 50.8. The van der Waals surface area contributed by atoms with E-state index >= 15 is 4.79 Å². The molecule has 4 aromatic rings. The van der Waals surface area contributed by atoms with E-state index in [1.807, 2.05) is 71.6 Å². The smallest absolute Gasteiger partial charge is 0.239 e. The van der Waals surface area contributed by atoms with Crippen LogP contribution in [0, 0.1) is 17.8 Å². The molecule has 2 aliphatic heterocycles. The molecule has 1 saturated carbocycles. The van der Waals surface area contributed by atoms with Crippen molar-refractivity contribution in [3.63, 3.8) is 0 Å². The average Bonchev–Trinajstić information content (AvgIpc) is 3.89. The molecule has 12 heteroatoms. The van der Waals surface area contributed by atoms with Crippen molar-refractivity contribution in [3.8, 4) is 28.7 Å². The zero-order valence-electron chi connectivity index (χ0n) is 42.8. The van der Waals surface area contributed by atoms with Crippen molar-refractivity contribution < 1.29 is 48.3 Å². The molecule has 12 nitrogen and oxygen atoms in total. The molecule has 8 rings (SSSR count). The Morgan fingerprint density at radius 3 is 2.30 bits per heavy atom. The van der Waals surface area contributed by atoms with Crippen molar-refractivity contribution in [2.75, 3.05) is 26.6 Å². The Morgan fingerprint density at radius 1 is 0.795 bits per heavy atom. The second kappa shape index (κ2) is 26.8. The van der Waals surface area contributed by atoms with E-state index in [1.54, 1.807) is 24.3 Å². The fraction of sp³-hybridized carbons (Fsp3) is 0.492. The monoisotopic (exact) mass is 997 g/mol. The third-order valence-corrected chi connectivity index (χ3v) is 15.1. The number of rotatable bonds is 30. The number of carbonyl (C=O) groups is 2. The molecule has 0 bridgehead atoms. The Balaban J connectivity index is 1.27. The van der Waals surface area contributed by atoms with Crippen LogP contribution in [0.5, 0.6) is 28.7 Å². The second-order valence-electron chi connectivity index (χ2n) is 20.1. The summed E-state index contributed by atoms with van der Waals surface area (Å²) in [5.74, 6) is 0.913. The first-order valence-corrected chi connectivity index (χ1v) is 27.0. The lowest BCUT2D eigenvalue weighted by molar-refractivity contribution is -0.258. The molecular formula is C61H76N2O10. The molecule has 2 N–H and O–H groups in total. The predicted molar refractivity (Wildman–Crippen MR) is 283 cm³/mol. The minimum Gasteiger partial charge on any atom is -0.459 e. The number of aliphatic hydroxyl groups excluding tert-OH is 2. The molecule has 4 aromatic carbocycles. The number of aldehydes is 1. The molecule has 0 radical (unpaired) electrons. The maximum absolute atomic E-state index is 15.4. The summed E-state index contributed by atoms with van der Waals surface area (Å²) in [6, 6.07) is 28.1. The van der Waals surface area contributed by atoms with Crippen molar-refractivity contribution in [1.29, 1.82) is 0 Å². The summed E-state index contributed by atoms with van der Waals surface area (Å²) < 4.78 is 33.0. The fourth-order valence-corrected chi connectivity index (χ4v) is 11.6. The highest BCUT2D eigenvalue weighted by atomic mass is 16.7. The van der Waals surface area contributed by atoms with Crippen molar-refractivity contribution >= 4 is 17.9 Å². The van der Waals surface area contributed by atoms with Gasteiger partial charge < -0.3 is 43.6 Å². The van der Waals surface area contributed by atoms with Gasteiger partial charge in [0, 0.05) is 49.6 Å². The molecule has 4 aliphatic rings. The van der Waals surface area contributed by atoms with Crippen LogP contribution in [0.25, 0.3) is 0 Å².